The summed E-state index contributed by atoms with van der Waals surface area (Å²) < 4.78 is 1.06. The van der Waals surface area contributed by atoms with Gasteiger partial charge in [0, 0.05) is 10.2 Å². The van der Waals surface area contributed by atoms with E-state index in [1.807, 2.05) is 37.3 Å². The van der Waals surface area contributed by atoms with E-state index in [2.05, 4.69) is 33.4 Å². The van der Waals surface area contributed by atoms with Gasteiger partial charge in [-0.05, 0) is 42.2 Å². The number of hydrogen-bond donors (Lipinski definition) is 1. The third kappa shape index (κ3) is 2.30. The van der Waals surface area contributed by atoms with Gasteiger partial charge in [-0.1, -0.05) is 46.3 Å². The van der Waals surface area contributed by atoms with Crippen LogP contribution in [0.3, 0.4) is 0 Å². The normalized spacial score (nSPS) is 17.2. The van der Waals surface area contributed by atoms with Crippen LogP contribution in [0, 0.1) is 6.92 Å². The summed E-state index contributed by atoms with van der Waals surface area (Å²) in [5.41, 5.74) is 4.42. The fraction of sp³-hybridized carbons (Fsp3) is 0.188. The van der Waals surface area contributed by atoms with Crippen LogP contribution in [0.2, 0.25) is 0 Å². The molecule has 1 amide bonds. The van der Waals surface area contributed by atoms with Crippen LogP contribution in [0.5, 0.6) is 0 Å². The fourth-order valence-corrected chi connectivity index (χ4v) is 2.83. The lowest BCUT2D eigenvalue weighted by molar-refractivity contribution is -0.117. The van der Waals surface area contributed by atoms with E-state index in [1.54, 1.807) is 0 Å². The molecule has 0 spiro atoms. The van der Waals surface area contributed by atoms with Crippen molar-refractivity contribution in [3.05, 3.63) is 63.6 Å². The van der Waals surface area contributed by atoms with E-state index in [1.165, 1.54) is 5.56 Å². The number of benzene rings is 2. The molecular formula is C16H14BrNO. The lowest BCUT2D eigenvalue weighted by Gasteiger charge is -2.09. The summed E-state index contributed by atoms with van der Waals surface area (Å²) in [6.45, 7) is 2.03. The molecule has 1 N–H and O–H groups in total. The van der Waals surface area contributed by atoms with Gasteiger partial charge in [-0.3, -0.25) is 4.79 Å². The number of para-hydroxylation sites is 1. The first kappa shape index (κ1) is 12.4. The average Bonchev–Trinajstić information content (AvgIpc) is 2.71. The topological polar surface area (TPSA) is 29.1 Å². The number of carbonyl (C=O) groups is 1. The van der Waals surface area contributed by atoms with Crippen LogP contribution in [0.1, 0.15) is 22.6 Å². The summed E-state index contributed by atoms with van der Waals surface area (Å²) in [7, 11) is 0. The highest BCUT2D eigenvalue weighted by molar-refractivity contribution is 9.10. The molecule has 2 aromatic rings. The second-order valence-corrected chi connectivity index (χ2v) is 5.83. The molecule has 2 nitrogen and oxygen atoms in total. The molecule has 0 saturated heterocycles. The number of hydrogen-bond acceptors (Lipinski definition) is 1. The van der Waals surface area contributed by atoms with Crippen LogP contribution >= 0.6 is 15.9 Å². The molecule has 0 aromatic heterocycles. The van der Waals surface area contributed by atoms with Crippen LogP contribution in [0.15, 0.2) is 46.9 Å². The Morgan fingerprint density at radius 1 is 1.16 bits per heavy atom. The number of anilines is 1. The number of nitrogens with one attached hydrogen (secondary N) is 1. The lowest BCUT2D eigenvalue weighted by Crippen LogP contribution is -2.14. The predicted octanol–water partition coefficient (Wildman–Crippen LogP) is 4.04. The van der Waals surface area contributed by atoms with E-state index in [0.717, 1.165) is 27.7 Å². The Morgan fingerprint density at radius 3 is 2.63 bits per heavy atom. The largest absolute Gasteiger partial charge is 0.325 e. The van der Waals surface area contributed by atoms with Crippen molar-refractivity contribution in [1.29, 1.82) is 0 Å². The van der Waals surface area contributed by atoms with Crippen molar-refractivity contribution >= 4 is 27.5 Å². The summed E-state index contributed by atoms with van der Waals surface area (Å²) in [5.74, 6) is 0.0308. The van der Waals surface area contributed by atoms with E-state index in [4.69, 9.17) is 0 Å². The van der Waals surface area contributed by atoms with E-state index in [-0.39, 0.29) is 11.8 Å². The van der Waals surface area contributed by atoms with Gasteiger partial charge in [0.05, 0.1) is 5.92 Å². The molecule has 0 aliphatic carbocycles. The highest BCUT2D eigenvalue weighted by Gasteiger charge is 2.31. The third-order valence-corrected chi connectivity index (χ3v) is 4.13. The maximum Gasteiger partial charge on any atom is 0.232 e. The second kappa shape index (κ2) is 4.82. The number of aryl methyl sites for hydroxylation is 1. The molecule has 1 atom stereocenters. The number of halogens is 1. The number of rotatable bonds is 2. The van der Waals surface area contributed by atoms with Gasteiger partial charge in [0.1, 0.15) is 0 Å². The van der Waals surface area contributed by atoms with Crippen molar-refractivity contribution < 1.29 is 4.79 Å². The standard InChI is InChI=1S/C16H14BrNO/c1-10-3-2-4-13-14(16(19)18-15(10)13)9-11-5-7-12(17)8-6-11/h2-8,14H,9H2,1H3,(H,18,19)/t14-/m1/s1. The highest BCUT2D eigenvalue weighted by atomic mass is 79.9. The summed E-state index contributed by atoms with van der Waals surface area (Å²) >= 11 is 3.43. The Kier molecular flexibility index (Phi) is 3.15. The summed E-state index contributed by atoms with van der Waals surface area (Å²) in [6, 6.07) is 14.2. The van der Waals surface area contributed by atoms with Crippen LogP contribution < -0.4 is 5.32 Å². The van der Waals surface area contributed by atoms with Gasteiger partial charge >= 0.3 is 0 Å². The maximum atomic E-state index is 12.1. The molecule has 0 radical (unpaired) electrons. The lowest BCUT2D eigenvalue weighted by atomic mass is 9.92. The zero-order chi connectivity index (χ0) is 13.4. The van der Waals surface area contributed by atoms with Crippen molar-refractivity contribution in [3.8, 4) is 0 Å². The van der Waals surface area contributed by atoms with Gasteiger partial charge in [0.15, 0.2) is 0 Å². The van der Waals surface area contributed by atoms with Crippen molar-refractivity contribution in [2.24, 2.45) is 0 Å². The van der Waals surface area contributed by atoms with Gasteiger partial charge in [-0.2, -0.15) is 0 Å². The minimum Gasteiger partial charge on any atom is -0.325 e. The SMILES string of the molecule is Cc1cccc2c1NC(=O)[C@@H]2Cc1ccc(Br)cc1. The highest BCUT2D eigenvalue weighted by Crippen LogP contribution is 2.36. The molecule has 3 heteroatoms. The van der Waals surface area contributed by atoms with Gasteiger partial charge in [-0.25, -0.2) is 0 Å². The molecule has 0 bridgehead atoms. The maximum absolute atomic E-state index is 12.1. The molecule has 1 heterocycles. The minimum absolute atomic E-state index is 0.0731. The first-order valence-electron chi connectivity index (χ1n) is 6.30. The molecule has 96 valence electrons. The molecule has 2 aromatic carbocycles. The first-order chi connectivity index (χ1) is 9.15. The summed E-state index contributed by atoms with van der Waals surface area (Å²) in [4.78, 5) is 12.1. The van der Waals surface area contributed by atoms with Gasteiger partial charge in [-0.15, -0.1) is 0 Å². The Bertz CT molecular complexity index is 634. The van der Waals surface area contributed by atoms with Crippen LogP contribution in [0.25, 0.3) is 0 Å². The first-order valence-corrected chi connectivity index (χ1v) is 7.09. The molecule has 0 saturated carbocycles. The number of fused-ring (bicyclic) bond motifs is 1. The van der Waals surface area contributed by atoms with Crippen molar-refractivity contribution in [2.75, 3.05) is 5.32 Å². The Morgan fingerprint density at radius 2 is 1.89 bits per heavy atom. The van der Waals surface area contributed by atoms with E-state index in [0.29, 0.717) is 0 Å². The predicted molar refractivity (Wildman–Crippen MR) is 80.4 cm³/mol. The van der Waals surface area contributed by atoms with E-state index in [9.17, 15) is 4.79 Å². The van der Waals surface area contributed by atoms with Crippen LogP contribution in [0.4, 0.5) is 5.69 Å². The molecule has 0 unspecified atom stereocenters. The van der Waals surface area contributed by atoms with Gasteiger partial charge in [0.25, 0.3) is 0 Å². The zero-order valence-electron chi connectivity index (χ0n) is 10.6. The van der Waals surface area contributed by atoms with Crippen molar-refractivity contribution in [1.82, 2.24) is 0 Å². The fourth-order valence-electron chi connectivity index (χ4n) is 2.56. The van der Waals surface area contributed by atoms with E-state index < -0.39 is 0 Å². The third-order valence-electron chi connectivity index (χ3n) is 3.60. The number of amides is 1. The molecule has 1 aliphatic heterocycles. The number of carbonyl (C=O) groups excluding carboxylic acids is 1. The van der Waals surface area contributed by atoms with Gasteiger partial charge < -0.3 is 5.32 Å². The van der Waals surface area contributed by atoms with E-state index >= 15 is 0 Å². The second-order valence-electron chi connectivity index (χ2n) is 4.91. The molecule has 3 rings (SSSR count). The molecule has 19 heavy (non-hydrogen) atoms. The molecule has 0 fully saturated rings. The minimum atomic E-state index is -0.0731. The Hall–Kier alpha value is -1.61. The zero-order valence-corrected chi connectivity index (χ0v) is 12.2. The monoisotopic (exact) mass is 315 g/mol. The Labute approximate surface area is 121 Å². The summed E-state index contributed by atoms with van der Waals surface area (Å²) in [6.07, 6.45) is 0.746. The quantitative estimate of drug-likeness (QED) is 0.890. The van der Waals surface area contributed by atoms with Crippen molar-refractivity contribution in [2.45, 2.75) is 19.3 Å². The van der Waals surface area contributed by atoms with Crippen LogP contribution in [-0.2, 0) is 11.2 Å². The smallest absolute Gasteiger partial charge is 0.232 e. The van der Waals surface area contributed by atoms with Crippen molar-refractivity contribution in [3.63, 3.8) is 0 Å². The molecular weight excluding hydrogens is 302 g/mol. The Balaban J connectivity index is 1.92. The van der Waals surface area contributed by atoms with Gasteiger partial charge in [0.2, 0.25) is 5.91 Å². The summed E-state index contributed by atoms with van der Waals surface area (Å²) in [5, 5.41) is 3.00. The molecule has 1 aliphatic rings. The average molecular weight is 316 g/mol. The van der Waals surface area contributed by atoms with Crippen LogP contribution in [-0.4, -0.2) is 5.91 Å².